The first-order valence-electron chi connectivity index (χ1n) is 7.60. The molecule has 0 saturated carbocycles. The zero-order valence-electron chi connectivity index (χ0n) is 13.9. The largest absolute Gasteiger partial charge is 0.497 e. The molecule has 0 aliphatic rings. The molecular weight excluding hydrogens is 393 g/mol. The third-order valence-corrected chi connectivity index (χ3v) is 4.26. The number of halogens is 2. The minimum Gasteiger partial charge on any atom is -0.497 e. The number of hydrogen-bond donors (Lipinski definition) is 2. The summed E-state index contributed by atoms with van der Waals surface area (Å²) in [7, 11) is 1.53. The maximum absolute atomic E-state index is 11.6. The molecule has 0 unspecified atom stereocenters. The third-order valence-electron chi connectivity index (χ3n) is 3.52. The summed E-state index contributed by atoms with van der Waals surface area (Å²) in [6.45, 7) is 0. The highest BCUT2D eigenvalue weighted by Crippen LogP contribution is 2.34. The van der Waals surface area contributed by atoms with Crippen LogP contribution < -0.4 is 15.4 Å². The number of rotatable bonds is 6. The highest BCUT2D eigenvalue weighted by atomic mass is 35.5. The van der Waals surface area contributed by atoms with Gasteiger partial charge in [0, 0.05) is 17.4 Å². The van der Waals surface area contributed by atoms with Crippen molar-refractivity contribution in [2.75, 3.05) is 17.7 Å². The predicted octanol–water partition coefficient (Wildman–Crippen LogP) is 5.19. The highest BCUT2D eigenvalue weighted by molar-refractivity contribution is 6.42. The molecule has 0 fully saturated rings. The Hall–Kier alpha value is -3.10. The van der Waals surface area contributed by atoms with Crippen molar-refractivity contribution in [1.82, 2.24) is 9.97 Å². The summed E-state index contributed by atoms with van der Waals surface area (Å²) in [6.07, 6.45) is 1.22. The standard InChI is InChI=1S/C17H13Cl2N5O3/c1-27-12-4-2-3-10(7-12)22-16-15(24(25)26)17(21-9-20-16)23-11-5-6-13(18)14(19)8-11/h2-9H,1H3,(H2,20,21,22,23). The second-order valence-electron chi connectivity index (χ2n) is 5.29. The quantitative estimate of drug-likeness (QED) is 0.429. The van der Waals surface area contributed by atoms with Crippen molar-refractivity contribution in [3.05, 3.63) is 69.0 Å². The summed E-state index contributed by atoms with van der Waals surface area (Å²) in [5.74, 6) is 0.649. The molecule has 0 radical (unpaired) electrons. The van der Waals surface area contributed by atoms with E-state index in [1.807, 2.05) is 0 Å². The van der Waals surface area contributed by atoms with Crippen LogP contribution in [-0.2, 0) is 0 Å². The number of nitro groups is 1. The Balaban J connectivity index is 1.96. The lowest BCUT2D eigenvalue weighted by Gasteiger charge is -2.11. The van der Waals surface area contributed by atoms with Crippen LogP contribution in [0.5, 0.6) is 5.75 Å². The van der Waals surface area contributed by atoms with Crippen molar-refractivity contribution >= 4 is 51.9 Å². The summed E-state index contributed by atoms with van der Waals surface area (Å²) in [4.78, 5) is 19.0. The first-order valence-corrected chi connectivity index (χ1v) is 8.36. The Bertz CT molecular complexity index is 1000. The molecule has 1 aromatic heterocycles. The van der Waals surface area contributed by atoms with Gasteiger partial charge in [0.05, 0.1) is 22.1 Å². The molecule has 1 heterocycles. The predicted molar refractivity (Wildman–Crippen MR) is 105 cm³/mol. The molecule has 27 heavy (non-hydrogen) atoms. The molecule has 0 aliphatic carbocycles. The number of nitrogens with zero attached hydrogens (tertiary/aromatic N) is 3. The van der Waals surface area contributed by atoms with E-state index in [9.17, 15) is 10.1 Å². The minimum atomic E-state index is -0.567. The van der Waals surface area contributed by atoms with E-state index in [1.54, 1.807) is 42.5 Å². The van der Waals surface area contributed by atoms with E-state index in [-0.39, 0.29) is 17.3 Å². The Labute approximate surface area is 164 Å². The first kappa shape index (κ1) is 18.7. The molecular formula is C17H13Cl2N5O3. The van der Waals surface area contributed by atoms with Gasteiger partial charge in [-0.25, -0.2) is 9.97 Å². The Morgan fingerprint density at radius 1 is 1.00 bits per heavy atom. The van der Waals surface area contributed by atoms with Crippen LogP contribution in [0.15, 0.2) is 48.8 Å². The van der Waals surface area contributed by atoms with Gasteiger partial charge in [-0.3, -0.25) is 10.1 Å². The van der Waals surface area contributed by atoms with Crippen molar-refractivity contribution in [3.8, 4) is 5.75 Å². The second-order valence-corrected chi connectivity index (χ2v) is 6.10. The average Bonchev–Trinajstić information content (AvgIpc) is 2.65. The maximum atomic E-state index is 11.6. The lowest BCUT2D eigenvalue weighted by atomic mass is 10.3. The number of aromatic nitrogens is 2. The van der Waals surface area contributed by atoms with E-state index >= 15 is 0 Å². The van der Waals surface area contributed by atoms with Crippen molar-refractivity contribution in [2.24, 2.45) is 0 Å². The molecule has 8 nitrogen and oxygen atoms in total. The van der Waals surface area contributed by atoms with E-state index in [1.165, 1.54) is 13.4 Å². The van der Waals surface area contributed by atoms with Crippen LogP contribution in [-0.4, -0.2) is 22.0 Å². The molecule has 0 saturated heterocycles. The van der Waals surface area contributed by atoms with Gasteiger partial charge in [-0.05, 0) is 30.3 Å². The summed E-state index contributed by atoms with van der Waals surface area (Å²) in [5.41, 5.74) is 0.765. The molecule has 10 heteroatoms. The van der Waals surface area contributed by atoms with Crippen LogP contribution in [0, 0.1) is 10.1 Å². The van der Waals surface area contributed by atoms with Gasteiger partial charge in [0.1, 0.15) is 12.1 Å². The fraction of sp³-hybridized carbons (Fsp3) is 0.0588. The topological polar surface area (TPSA) is 102 Å². The van der Waals surface area contributed by atoms with E-state index < -0.39 is 4.92 Å². The van der Waals surface area contributed by atoms with Gasteiger partial charge in [0.25, 0.3) is 0 Å². The maximum Gasteiger partial charge on any atom is 0.353 e. The zero-order valence-corrected chi connectivity index (χ0v) is 15.5. The number of benzene rings is 2. The van der Waals surface area contributed by atoms with Crippen LogP contribution in [0.2, 0.25) is 10.0 Å². The molecule has 0 amide bonds. The van der Waals surface area contributed by atoms with Gasteiger partial charge >= 0.3 is 5.69 Å². The summed E-state index contributed by atoms with van der Waals surface area (Å²) in [5, 5.41) is 18.1. The van der Waals surface area contributed by atoms with Crippen molar-refractivity contribution in [2.45, 2.75) is 0 Å². The second kappa shape index (κ2) is 8.07. The van der Waals surface area contributed by atoms with Gasteiger partial charge < -0.3 is 15.4 Å². The Morgan fingerprint density at radius 2 is 1.67 bits per heavy atom. The number of methoxy groups -OCH3 is 1. The monoisotopic (exact) mass is 405 g/mol. The number of ether oxygens (including phenoxy) is 1. The molecule has 0 atom stereocenters. The smallest absolute Gasteiger partial charge is 0.353 e. The van der Waals surface area contributed by atoms with Crippen LogP contribution in [0.1, 0.15) is 0 Å². The minimum absolute atomic E-state index is 0.0128. The van der Waals surface area contributed by atoms with Gasteiger partial charge in [0.2, 0.25) is 11.6 Å². The third kappa shape index (κ3) is 4.36. The summed E-state index contributed by atoms with van der Waals surface area (Å²) < 4.78 is 5.15. The van der Waals surface area contributed by atoms with E-state index in [4.69, 9.17) is 27.9 Å². The fourth-order valence-corrected chi connectivity index (χ4v) is 2.58. The average molecular weight is 406 g/mol. The molecule has 0 aliphatic heterocycles. The lowest BCUT2D eigenvalue weighted by Crippen LogP contribution is -2.05. The fourth-order valence-electron chi connectivity index (χ4n) is 2.28. The Morgan fingerprint density at radius 3 is 2.26 bits per heavy atom. The van der Waals surface area contributed by atoms with Crippen molar-refractivity contribution in [3.63, 3.8) is 0 Å². The van der Waals surface area contributed by atoms with E-state index in [0.717, 1.165) is 0 Å². The number of nitrogens with one attached hydrogen (secondary N) is 2. The highest BCUT2D eigenvalue weighted by Gasteiger charge is 2.23. The van der Waals surface area contributed by atoms with E-state index in [0.29, 0.717) is 27.2 Å². The SMILES string of the molecule is COc1cccc(Nc2ncnc(Nc3ccc(Cl)c(Cl)c3)c2[N+](=O)[O-])c1. The number of hydrogen-bond acceptors (Lipinski definition) is 7. The molecule has 0 spiro atoms. The summed E-state index contributed by atoms with van der Waals surface area (Å²) >= 11 is 11.9. The van der Waals surface area contributed by atoms with Gasteiger partial charge in [-0.2, -0.15) is 0 Å². The zero-order chi connectivity index (χ0) is 19.4. The molecule has 2 aromatic carbocycles. The van der Waals surface area contributed by atoms with Gasteiger partial charge in [-0.1, -0.05) is 29.3 Å². The first-order chi connectivity index (χ1) is 13.0. The number of anilines is 4. The lowest BCUT2D eigenvalue weighted by molar-refractivity contribution is -0.383. The van der Waals surface area contributed by atoms with Crippen molar-refractivity contribution in [1.29, 1.82) is 0 Å². The van der Waals surface area contributed by atoms with Gasteiger partial charge in [0.15, 0.2) is 0 Å². The molecule has 3 rings (SSSR count). The van der Waals surface area contributed by atoms with Crippen LogP contribution in [0.25, 0.3) is 0 Å². The molecule has 2 N–H and O–H groups in total. The Kier molecular flexibility index (Phi) is 5.58. The summed E-state index contributed by atoms with van der Waals surface area (Å²) in [6, 6.07) is 11.7. The van der Waals surface area contributed by atoms with E-state index in [2.05, 4.69) is 20.6 Å². The van der Waals surface area contributed by atoms with Crippen molar-refractivity contribution < 1.29 is 9.66 Å². The van der Waals surface area contributed by atoms with Crippen LogP contribution in [0.4, 0.5) is 28.7 Å². The molecule has 138 valence electrons. The normalized spacial score (nSPS) is 10.3. The molecule has 0 bridgehead atoms. The van der Waals surface area contributed by atoms with Crippen LogP contribution >= 0.6 is 23.2 Å². The van der Waals surface area contributed by atoms with Gasteiger partial charge in [-0.15, -0.1) is 0 Å². The molecule has 3 aromatic rings. The van der Waals surface area contributed by atoms with Crippen LogP contribution in [0.3, 0.4) is 0 Å².